The Hall–Kier alpha value is 0.864. The van der Waals surface area contributed by atoms with E-state index in [1.165, 1.54) is 0 Å². The van der Waals surface area contributed by atoms with Gasteiger partial charge in [-0.05, 0) is 83.8 Å². The van der Waals surface area contributed by atoms with Crippen LogP contribution in [0.2, 0.25) is 0 Å². The van der Waals surface area contributed by atoms with Crippen molar-refractivity contribution in [3.05, 3.63) is 0 Å². The van der Waals surface area contributed by atoms with Crippen molar-refractivity contribution in [2.75, 3.05) is 61.9 Å². The molecule has 0 aliphatic rings. The van der Waals surface area contributed by atoms with Crippen LogP contribution >= 0.6 is 0 Å². The van der Waals surface area contributed by atoms with Gasteiger partial charge in [-0.2, -0.15) is 0 Å². The second kappa shape index (κ2) is 14.9. The van der Waals surface area contributed by atoms with Crippen LogP contribution in [-0.2, 0) is 32.7 Å². The summed E-state index contributed by atoms with van der Waals surface area (Å²) in [7, 11) is 11.7. The number of rotatable bonds is 6. The minimum atomic E-state index is -0.552. The van der Waals surface area contributed by atoms with E-state index in [1.54, 1.807) is 41.5 Å². The number of hydrogen-bond acceptors (Lipinski definition) is 6. The van der Waals surface area contributed by atoms with Crippen LogP contribution < -0.4 is 0 Å². The summed E-state index contributed by atoms with van der Waals surface area (Å²) in [4.78, 5) is 5.88. The summed E-state index contributed by atoms with van der Waals surface area (Å²) in [5.41, 5.74) is -1.66. The molecule has 3 N–H and O–H groups in total. The Labute approximate surface area is 182 Å². The van der Waals surface area contributed by atoms with Gasteiger partial charge in [-0.1, -0.05) is 0 Å². The van der Waals surface area contributed by atoms with E-state index in [0.29, 0.717) is 19.6 Å². The van der Waals surface area contributed by atoms with Gasteiger partial charge < -0.3 is 30.0 Å². The summed E-state index contributed by atoms with van der Waals surface area (Å²) in [5.74, 6) is 0. The molecule has 0 aromatic rings. The van der Waals surface area contributed by atoms with Crippen LogP contribution in [0, 0.1) is 0 Å². The van der Waals surface area contributed by atoms with Gasteiger partial charge in [0.25, 0.3) is 0 Å². The monoisotopic (exact) mass is 440 g/mol. The fourth-order valence-corrected chi connectivity index (χ4v) is 2.32. The van der Waals surface area contributed by atoms with Crippen LogP contribution in [0.1, 0.15) is 41.5 Å². The van der Waals surface area contributed by atoms with E-state index in [1.807, 2.05) is 57.0 Å². The van der Waals surface area contributed by atoms with Crippen molar-refractivity contribution in [2.24, 2.45) is 0 Å². The van der Waals surface area contributed by atoms with Crippen molar-refractivity contribution < 1.29 is 48.0 Å². The molecule has 0 aromatic heterocycles. The van der Waals surface area contributed by atoms with Crippen molar-refractivity contribution in [2.45, 2.75) is 58.3 Å². The van der Waals surface area contributed by atoms with Gasteiger partial charge in [0.05, 0.1) is 16.8 Å². The second-order valence-electron chi connectivity index (χ2n) is 9.15. The zero-order chi connectivity index (χ0) is 20.4. The molecule has 153 valence electrons. The normalized spacial score (nSPS) is 12.2. The molecule has 0 unspecified atom stereocenters. The van der Waals surface area contributed by atoms with Crippen LogP contribution in [0.3, 0.4) is 0 Å². The van der Waals surface area contributed by atoms with Crippen molar-refractivity contribution >= 4 is 0 Å². The average Bonchev–Trinajstić information content (AvgIpc) is 2.04. The standard InChI is InChI=1S/3C6H15NO.Y/c3*1-6(2,8)5-7(3)4;/h3*8H,5H2,1-4H3;. The topological polar surface area (TPSA) is 70.4 Å². The maximum absolute atomic E-state index is 9.15. The Morgan fingerprint density at radius 2 is 0.600 bits per heavy atom. The molecule has 0 fully saturated rings. The number of aliphatic hydroxyl groups is 3. The van der Waals surface area contributed by atoms with E-state index in [0.717, 1.165) is 0 Å². The minimum absolute atomic E-state index is 0. The molecule has 0 bridgehead atoms. The van der Waals surface area contributed by atoms with Gasteiger partial charge in [-0.25, -0.2) is 0 Å². The maximum atomic E-state index is 9.15. The molecule has 0 spiro atoms. The molecule has 0 amide bonds. The molecule has 25 heavy (non-hydrogen) atoms. The fraction of sp³-hybridized carbons (Fsp3) is 1.00. The Bertz CT molecular complexity index is 244. The molecular formula is C18H45N3O3Y. The van der Waals surface area contributed by atoms with Crippen molar-refractivity contribution in [3.8, 4) is 0 Å². The van der Waals surface area contributed by atoms with E-state index in [9.17, 15) is 0 Å². The molecule has 0 saturated heterocycles. The Morgan fingerprint density at radius 3 is 0.600 bits per heavy atom. The van der Waals surface area contributed by atoms with Gasteiger partial charge in [0.15, 0.2) is 0 Å². The second-order valence-corrected chi connectivity index (χ2v) is 9.15. The molecule has 0 atom stereocenters. The fourth-order valence-electron chi connectivity index (χ4n) is 2.32. The third-order valence-corrected chi connectivity index (χ3v) is 2.11. The van der Waals surface area contributed by atoms with E-state index in [2.05, 4.69) is 0 Å². The van der Waals surface area contributed by atoms with E-state index in [-0.39, 0.29) is 32.7 Å². The minimum Gasteiger partial charge on any atom is -0.389 e. The molecule has 0 rings (SSSR count). The molecule has 0 saturated carbocycles. The first-order valence-corrected chi connectivity index (χ1v) is 8.36. The third kappa shape index (κ3) is 51.6. The Balaban J connectivity index is -0.000000130. The van der Waals surface area contributed by atoms with E-state index >= 15 is 0 Å². The molecule has 0 aliphatic heterocycles. The van der Waals surface area contributed by atoms with Crippen molar-refractivity contribution in [1.29, 1.82) is 0 Å². The average molecular weight is 440 g/mol. The van der Waals surface area contributed by atoms with Gasteiger partial charge in [0, 0.05) is 52.3 Å². The number of hydrogen-bond donors (Lipinski definition) is 3. The van der Waals surface area contributed by atoms with Crippen LogP contribution in [-0.4, -0.2) is 109 Å². The molecule has 0 heterocycles. The quantitative estimate of drug-likeness (QED) is 0.572. The van der Waals surface area contributed by atoms with E-state index < -0.39 is 16.8 Å². The van der Waals surface area contributed by atoms with Gasteiger partial charge in [0.2, 0.25) is 0 Å². The SMILES string of the molecule is CN(C)CC(C)(C)O.CN(C)CC(C)(C)O.CN(C)CC(C)(C)O.[Y]. The van der Waals surface area contributed by atoms with Crippen LogP contribution in [0.4, 0.5) is 0 Å². The number of likely N-dealkylation sites (N-methyl/N-ethyl adjacent to an activating group) is 3. The maximum Gasteiger partial charge on any atom is 0.0717 e. The third-order valence-electron chi connectivity index (χ3n) is 2.11. The molecule has 1 radical (unpaired) electrons. The van der Waals surface area contributed by atoms with Crippen molar-refractivity contribution in [1.82, 2.24) is 14.7 Å². The van der Waals surface area contributed by atoms with Crippen molar-refractivity contribution in [3.63, 3.8) is 0 Å². The largest absolute Gasteiger partial charge is 0.389 e. The van der Waals surface area contributed by atoms with Gasteiger partial charge in [-0.15, -0.1) is 0 Å². The first-order valence-electron chi connectivity index (χ1n) is 8.36. The molecule has 0 aliphatic carbocycles. The summed E-state index contributed by atoms with van der Waals surface area (Å²) in [6.07, 6.45) is 0. The van der Waals surface area contributed by atoms with Crippen LogP contribution in [0.15, 0.2) is 0 Å². The first kappa shape index (κ1) is 33.4. The first-order chi connectivity index (χ1) is 10.2. The predicted octanol–water partition coefficient (Wildman–Crippen LogP) is 0.954. The smallest absolute Gasteiger partial charge is 0.0717 e. The van der Waals surface area contributed by atoms with E-state index in [4.69, 9.17) is 15.3 Å². The Kier molecular flexibility index (Phi) is 19.9. The van der Waals surface area contributed by atoms with Gasteiger partial charge >= 0.3 is 0 Å². The molecular weight excluding hydrogens is 395 g/mol. The predicted molar refractivity (Wildman–Crippen MR) is 105 cm³/mol. The zero-order valence-corrected chi connectivity index (χ0v) is 21.7. The molecule has 0 aromatic carbocycles. The zero-order valence-electron chi connectivity index (χ0n) is 18.9. The van der Waals surface area contributed by atoms with Gasteiger partial charge in [0.1, 0.15) is 0 Å². The number of nitrogens with zero attached hydrogens (tertiary/aromatic N) is 3. The summed E-state index contributed by atoms with van der Waals surface area (Å²) >= 11 is 0. The molecule has 6 nitrogen and oxygen atoms in total. The Morgan fingerprint density at radius 1 is 0.480 bits per heavy atom. The van der Waals surface area contributed by atoms with Crippen LogP contribution in [0.25, 0.3) is 0 Å². The van der Waals surface area contributed by atoms with Crippen LogP contribution in [0.5, 0.6) is 0 Å². The summed E-state index contributed by atoms with van der Waals surface area (Å²) in [6, 6.07) is 0. The van der Waals surface area contributed by atoms with Gasteiger partial charge in [-0.3, -0.25) is 0 Å². The summed E-state index contributed by atoms with van der Waals surface area (Å²) < 4.78 is 0. The summed E-state index contributed by atoms with van der Waals surface area (Å²) in [5, 5.41) is 27.4. The summed E-state index contributed by atoms with van der Waals surface area (Å²) in [6.45, 7) is 12.9. The molecule has 7 heteroatoms.